The van der Waals surface area contributed by atoms with Gasteiger partial charge in [0.05, 0.1) is 6.54 Å². The van der Waals surface area contributed by atoms with Crippen LogP contribution in [-0.2, 0) is 18.1 Å². The maximum atomic E-state index is 11.9. The van der Waals surface area contributed by atoms with Crippen LogP contribution in [0.2, 0.25) is 30.7 Å². The Kier molecular flexibility index (Phi) is 10.4. The summed E-state index contributed by atoms with van der Waals surface area (Å²) in [5, 5.41) is 3.16. The molecule has 7 heteroatoms. The van der Waals surface area contributed by atoms with E-state index < -0.39 is 16.9 Å². The monoisotopic (exact) mass is 335 g/mol. The molecule has 0 spiro atoms. The summed E-state index contributed by atoms with van der Waals surface area (Å²) in [6, 6.07) is 3.91. The van der Waals surface area contributed by atoms with Crippen LogP contribution in [0.5, 0.6) is 0 Å². The van der Waals surface area contributed by atoms with Gasteiger partial charge in [0, 0.05) is 14.2 Å². The smallest absolute Gasteiger partial charge is 0.334 e. The van der Waals surface area contributed by atoms with Gasteiger partial charge in [-0.15, -0.1) is 0 Å². The summed E-state index contributed by atoms with van der Waals surface area (Å²) in [5.41, 5.74) is 0. The molecule has 0 fully saturated rings. The molecule has 0 saturated heterocycles. The normalized spacial score (nSPS) is 12.5. The molecule has 0 rings (SSSR count). The SMILES string of the molecule is CC[Si](CC)(CC)OC(=O)CNCCC[Si](C)(OC)OC. The van der Waals surface area contributed by atoms with Gasteiger partial charge >= 0.3 is 14.5 Å². The molecule has 0 aromatic carbocycles. The highest BCUT2D eigenvalue weighted by Crippen LogP contribution is 2.21. The Balaban J connectivity index is 3.95. The molecule has 0 aromatic rings. The van der Waals surface area contributed by atoms with Crippen LogP contribution in [0.3, 0.4) is 0 Å². The van der Waals surface area contributed by atoms with Gasteiger partial charge in [-0.3, -0.25) is 4.79 Å². The second-order valence-corrected chi connectivity index (χ2v) is 13.8. The molecular weight excluding hydrogens is 302 g/mol. The molecule has 0 aliphatic carbocycles. The largest absolute Gasteiger partial charge is 0.518 e. The molecule has 1 N–H and O–H groups in total. The first kappa shape index (κ1) is 20.8. The van der Waals surface area contributed by atoms with Gasteiger partial charge in [0.15, 0.2) is 0 Å². The third-order valence-electron chi connectivity index (χ3n) is 4.38. The zero-order valence-corrected chi connectivity index (χ0v) is 16.6. The molecule has 21 heavy (non-hydrogen) atoms. The second-order valence-electron chi connectivity index (χ2n) is 5.54. The maximum absolute atomic E-state index is 11.9. The van der Waals surface area contributed by atoms with Crippen molar-refractivity contribution in [3.63, 3.8) is 0 Å². The van der Waals surface area contributed by atoms with Gasteiger partial charge in [-0.2, -0.15) is 0 Å². The quantitative estimate of drug-likeness (QED) is 0.439. The van der Waals surface area contributed by atoms with Crippen LogP contribution >= 0.6 is 0 Å². The second kappa shape index (κ2) is 10.5. The zero-order valence-electron chi connectivity index (χ0n) is 14.6. The predicted octanol–water partition coefficient (Wildman–Crippen LogP) is 2.88. The van der Waals surface area contributed by atoms with Crippen LogP contribution in [0.1, 0.15) is 27.2 Å². The van der Waals surface area contributed by atoms with Gasteiger partial charge in [-0.25, -0.2) is 0 Å². The lowest BCUT2D eigenvalue weighted by Crippen LogP contribution is -2.41. The number of carbonyl (C=O) groups is 1. The topological polar surface area (TPSA) is 56.8 Å². The summed E-state index contributed by atoms with van der Waals surface area (Å²) in [5.74, 6) is -0.106. The third-order valence-corrected chi connectivity index (χ3v) is 11.9. The Hall–Kier alpha value is -0.216. The summed E-state index contributed by atoms with van der Waals surface area (Å²) >= 11 is 0. The first-order chi connectivity index (χ1) is 9.90. The standard InChI is InChI=1S/C14H33NO4Si2/c1-7-21(8-2,9-3)19-14(16)13-15-11-10-12-20(6,17-4)18-5/h15H,7-13H2,1-6H3. The van der Waals surface area contributed by atoms with E-state index >= 15 is 0 Å². The highest BCUT2D eigenvalue weighted by molar-refractivity contribution is 6.74. The Morgan fingerprint density at radius 2 is 1.57 bits per heavy atom. The molecule has 0 atom stereocenters. The van der Waals surface area contributed by atoms with Gasteiger partial charge in [0.1, 0.15) is 0 Å². The van der Waals surface area contributed by atoms with E-state index in [1.807, 2.05) is 6.55 Å². The van der Waals surface area contributed by atoms with E-state index in [2.05, 4.69) is 26.1 Å². The average molecular weight is 336 g/mol. The van der Waals surface area contributed by atoms with Crippen LogP contribution in [0, 0.1) is 0 Å². The summed E-state index contributed by atoms with van der Waals surface area (Å²) in [6.07, 6.45) is 0.940. The highest BCUT2D eigenvalue weighted by Gasteiger charge is 2.32. The number of rotatable bonds is 12. The lowest BCUT2D eigenvalue weighted by Gasteiger charge is -2.27. The molecular formula is C14H33NO4Si2. The van der Waals surface area contributed by atoms with Crippen molar-refractivity contribution in [1.29, 1.82) is 0 Å². The Morgan fingerprint density at radius 1 is 1.05 bits per heavy atom. The van der Waals surface area contributed by atoms with Crippen LogP contribution in [0.4, 0.5) is 0 Å². The van der Waals surface area contributed by atoms with Crippen molar-refractivity contribution in [1.82, 2.24) is 5.32 Å². The van der Waals surface area contributed by atoms with Crippen molar-refractivity contribution < 1.29 is 18.1 Å². The summed E-state index contributed by atoms with van der Waals surface area (Å²) in [4.78, 5) is 11.9. The van der Waals surface area contributed by atoms with Crippen molar-refractivity contribution in [2.24, 2.45) is 0 Å². The minimum Gasteiger partial charge on any atom is -0.518 e. The van der Waals surface area contributed by atoms with E-state index in [0.29, 0.717) is 6.54 Å². The van der Waals surface area contributed by atoms with Crippen LogP contribution in [0.15, 0.2) is 0 Å². The van der Waals surface area contributed by atoms with E-state index in [0.717, 1.165) is 37.1 Å². The molecule has 0 aliphatic rings. The van der Waals surface area contributed by atoms with Crippen molar-refractivity contribution in [2.75, 3.05) is 27.3 Å². The van der Waals surface area contributed by atoms with E-state index in [1.165, 1.54) is 0 Å². The first-order valence-electron chi connectivity index (χ1n) is 7.93. The fraction of sp³-hybridized carbons (Fsp3) is 0.929. The summed E-state index contributed by atoms with van der Waals surface area (Å²) < 4.78 is 16.6. The number of carbonyl (C=O) groups excluding carboxylic acids is 1. The van der Waals surface area contributed by atoms with Crippen LogP contribution in [0.25, 0.3) is 0 Å². The molecule has 0 saturated carbocycles. The van der Waals surface area contributed by atoms with E-state index in [9.17, 15) is 4.79 Å². The number of hydrogen-bond acceptors (Lipinski definition) is 5. The minimum atomic E-state index is -1.98. The molecule has 0 aromatic heterocycles. The Labute approximate surface area is 132 Å². The van der Waals surface area contributed by atoms with Gasteiger partial charge < -0.3 is 18.6 Å². The fourth-order valence-electron chi connectivity index (χ4n) is 2.26. The molecule has 0 unspecified atom stereocenters. The lowest BCUT2D eigenvalue weighted by molar-refractivity contribution is -0.134. The number of hydrogen-bond donors (Lipinski definition) is 1. The van der Waals surface area contributed by atoms with Gasteiger partial charge in [-0.1, -0.05) is 20.8 Å². The van der Waals surface area contributed by atoms with Crippen molar-refractivity contribution >= 4 is 22.8 Å². The van der Waals surface area contributed by atoms with Gasteiger partial charge in [0.25, 0.3) is 8.32 Å². The van der Waals surface area contributed by atoms with Crippen molar-refractivity contribution in [2.45, 2.75) is 57.9 Å². The average Bonchev–Trinajstić information content (AvgIpc) is 2.52. The maximum Gasteiger partial charge on any atom is 0.334 e. The predicted molar refractivity (Wildman–Crippen MR) is 91.2 cm³/mol. The van der Waals surface area contributed by atoms with Gasteiger partial charge in [-0.05, 0) is 43.7 Å². The minimum absolute atomic E-state index is 0.106. The molecule has 5 nitrogen and oxygen atoms in total. The van der Waals surface area contributed by atoms with E-state index in [-0.39, 0.29) is 5.97 Å². The molecule has 0 aliphatic heterocycles. The molecule has 0 heterocycles. The third kappa shape index (κ3) is 7.55. The van der Waals surface area contributed by atoms with Crippen molar-refractivity contribution in [3.8, 4) is 0 Å². The molecule has 0 amide bonds. The Bertz CT molecular complexity index is 286. The molecule has 0 bridgehead atoms. The van der Waals surface area contributed by atoms with Crippen molar-refractivity contribution in [3.05, 3.63) is 0 Å². The summed E-state index contributed by atoms with van der Waals surface area (Å²) in [6.45, 7) is 9.50. The number of nitrogens with one attached hydrogen (secondary N) is 1. The lowest BCUT2D eigenvalue weighted by atomic mass is 10.5. The van der Waals surface area contributed by atoms with Crippen LogP contribution < -0.4 is 5.32 Å². The molecule has 126 valence electrons. The summed E-state index contributed by atoms with van der Waals surface area (Å²) in [7, 11) is -0.394. The van der Waals surface area contributed by atoms with E-state index in [1.54, 1.807) is 14.2 Å². The zero-order chi connectivity index (χ0) is 16.4. The fourth-order valence-corrected chi connectivity index (χ4v) is 6.14. The highest BCUT2D eigenvalue weighted by atomic mass is 28.4. The van der Waals surface area contributed by atoms with Crippen LogP contribution in [-0.4, -0.2) is 50.2 Å². The Morgan fingerprint density at radius 3 is 2.00 bits per heavy atom. The van der Waals surface area contributed by atoms with E-state index in [4.69, 9.17) is 13.3 Å². The first-order valence-corrected chi connectivity index (χ1v) is 13.0. The van der Waals surface area contributed by atoms with Gasteiger partial charge in [0.2, 0.25) is 0 Å². The molecule has 0 radical (unpaired) electrons.